The molecule has 0 aliphatic carbocycles. The smallest absolute Gasteiger partial charge is 0.293 e. The summed E-state index contributed by atoms with van der Waals surface area (Å²) in [5.74, 6) is -0.0892. The molecule has 1 heterocycles. The largest absolute Gasteiger partial charge is 0.309 e. The van der Waals surface area contributed by atoms with Crippen molar-refractivity contribution < 1.29 is 9.72 Å². The van der Waals surface area contributed by atoms with Gasteiger partial charge in [0.2, 0.25) is 5.91 Å². The molecule has 6 heteroatoms. The zero-order valence-electron chi connectivity index (χ0n) is 8.57. The van der Waals surface area contributed by atoms with Crippen molar-refractivity contribution in [2.45, 2.75) is 12.8 Å². The first-order chi connectivity index (χ1) is 7.52. The summed E-state index contributed by atoms with van der Waals surface area (Å²) in [6.07, 6.45) is 0.935. The third-order valence-electron chi connectivity index (χ3n) is 2.70. The van der Waals surface area contributed by atoms with Gasteiger partial charge in [-0.2, -0.15) is 0 Å². The Balaban J connectivity index is 2.69. The maximum Gasteiger partial charge on any atom is 0.293 e. The lowest BCUT2D eigenvalue weighted by atomic mass is 10.0. The normalized spacial score (nSPS) is 14.9. The highest BCUT2D eigenvalue weighted by Crippen LogP contribution is 2.39. The molecule has 0 spiro atoms. The van der Waals surface area contributed by atoms with Crippen LogP contribution in [-0.4, -0.2) is 17.9 Å². The fourth-order valence-electron chi connectivity index (χ4n) is 1.88. The first-order valence-corrected chi connectivity index (χ1v) is 5.54. The average molecular weight is 285 g/mol. The summed E-state index contributed by atoms with van der Waals surface area (Å²) in [4.78, 5) is 23.3. The number of hydrogen-bond acceptors (Lipinski definition) is 3. The molecule has 0 fully saturated rings. The van der Waals surface area contributed by atoms with Gasteiger partial charge in [-0.25, -0.2) is 0 Å². The highest BCUT2D eigenvalue weighted by molar-refractivity contribution is 9.10. The standard InChI is InChI=1S/C10H9BrN2O3/c1-12-9(14)5-2-6-7(11)3-4-8(10(6)12)13(15)16/h3-4H,2,5H2,1H3. The van der Waals surface area contributed by atoms with E-state index in [0.717, 1.165) is 10.0 Å². The second-order valence-corrected chi connectivity index (χ2v) is 4.46. The SMILES string of the molecule is CN1C(=O)CCc2c(Br)ccc([N+](=O)[O-])c21. The second-order valence-electron chi connectivity index (χ2n) is 3.60. The molecule has 1 aliphatic heterocycles. The van der Waals surface area contributed by atoms with E-state index in [1.807, 2.05) is 0 Å². The molecule has 2 rings (SSSR count). The van der Waals surface area contributed by atoms with E-state index in [4.69, 9.17) is 0 Å². The lowest BCUT2D eigenvalue weighted by Crippen LogP contribution is -2.32. The van der Waals surface area contributed by atoms with Crippen molar-refractivity contribution in [3.8, 4) is 0 Å². The number of rotatable bonds is 1. The Kier molecular flexibility index (Phi) is 2.67. The topological polar surface area (TPSA) is 63.5 Å². The quantitative estimate of drug-likeness (QED) is 0.587. The molecule has 84 valence electrons. The number of amides is 1. The van der Waals surface area contributed by atoms with Crippen LogP contribution in [0.4, 0.5) is 11.4 Å². The minimum Gasteiger partial charge on any atom is -0.309 e. The molecular formula is C10H9BrN2O3. The lowest BCUT2D eigenvalue weighted by molar-refractivity contribution is -0.384. The number of carbonyl (C=O) groups is 1. The fourth-order valence-corrected chi connectivity index (χ4v) is 2.40. The van der Waals surface area contributed by atoms with Gasteiger partial charge in [-0.15, -0.1) is 0 Å². The molecule has 0 saturated heterocycles. The zero-order chi connectivity index (χ0) is 11.9. The maximum absolute atomic E-state index is 11.5. The Labute approximate surface area is 100 Å². The van der Waals surface area contributed by atoms with Crippen molar-refractivity contribution in [1.29, 1.82) is 0 Å². The van der Waals surface area contributed by atoms with Crippen LogP contribution in [0.2, 0.25) is 0 Å². The van der Waals surface area contributed by atoms with Gasteiger partial charge < -0.3 is 4.90 Å². The lowest BCUT2D eigenvalue weighted by Gasteiger charge is -2.25. The molecule has 0 atom stereocenters. The summed E-state index contributed by atoms with van der Waals surface area (Å²) in [5.41, 5.74) is 1.22. The molecule has 0 radical (unpaired) electrons. The number of nitro benzene ring substituents is 1. The number of carbonyl (C=O) groups excluding carboxylic acids is 1. The Morgan fingerprint density at radius 1 is 1.44 bits per heavy atom. The third-order valence-corrected chi connectivity index (χ3v) is 3.44. The summed E-state index contributed by atoms with van der Waals surface area (Å²) >= 11 is 3.35. The van der Waals surface area contributed by atoms with Crippen LogP contribution in [0.15, 0.2) is 16.6 Å². The summed E-state index contributed by atoms with van der Waals surface area (Å²) in [7, 11) is 1.57. The number of nitrogens with zero attached hydrogens (tertiary/aromatic N) is 2. The molecule has 0 aromatic heterocycles. The third kappa shape index (κ3) is 1.59. The Morgan fingerprint density at radius 3 is 2.75 bits per heavy atom. The van der Waals surface area contributed by atoms with Crippen molar-refractivity contribution >= 4 is 33.2 Å². The number of hydrogen-bond donors (Lipinski definition) is 0. The molecule has 5 nitrogen and oxygen atoms in total. The Hall–Kier alpha value is -1.43. The van der Waals surface area contributed by atoms with E-state index in [0.29, 0.717) is 18.5 Å². The summed E-state index contributed by atoms with van der Waals surface area (Å²) in [5, 5.41) is 10.9. The van der Waals surface area contributed by atoms with Crippen LogP contribution in [0, 0.1) is 10.1 Å². The van der Waals surface area contributed by atoms with Crippen molar-refractivity contribution in [2.24, 2.45) is 0 Å². The average Bonchev–Trinajstić information content (AvgIpc) is 2.23. The monoisotopic (exact) mass is 284 g/mol. The first-order valence-electron chi connectivity index (χ1n) is 4.74. The molecule has 0 unspecified atom stereocenters. The summed E-state index contributed by atoms with van der Waals surface area (Å²) < 4.78 is 0.812. The van der Waals surface area contributed by atoms with Crippen molar-refractivity contribution in [1.82, 2.24) is 0 Å². The molecule has 1 amide bonds. The number of halogens is 1. The van der Waals surface area contributed by atoms with Gasteiger partial charge in [0.25, 0.3) is 5.69 Å². The molecule has 16 heavy (non-hydrogen) atoms. The molecule has 0 saturated carbocycles. The highest BCUT2D eigenvalue weighted by atomic mass is 79.9. The maximum atomic E-state index is 11.5. The number of benzene rings is 1. The molecule has 1 aromatic carbocycles. The van der Waals surface area contributed by atoms with Gasteiger partial charge in [0.05, 0.1) is 4.92 Å². The Bertz CT molecular complexity index is 487. The van der Waals surface area contributed by atoms with Crippen LogP contribution in [0.3, 0.4) is 0 Å². The molecule has 1 aromatic rings. The summed E-state index contributed by atoms with van der Waals surface area (Å²) in [6.45, 7) is 0. The first kappa shape index (κ1) is 11.1. The van der Waals surface area contributed by atoms with Crippen LogP contribution < -0.4 is 4.90 Å². The van der Waals surface area contributed by atoms with E-state index >= 15 is 0 Å². The van der Waals surface area contributed by atoms with Gasteiger partial charge in [-0.3, -0.25) is 14.9 Å². The van der Waals surface area contributed by atoms with Gasteiger partial charge in [0.15, 0.2) is 0 Å². The van der Waals surface area contributed by atoms with Gasteiger partial charge in [-0.1, -0.05) is 15.9 Å². The van der Waals surface area contributed by atoms with Gasteiger partial charge >= 0.3 is 0 Å². The number of anilines is 1. The van der Waals surface area contributed by atoms with Crippen LogP contribution >= 0.6 is 15.9 Å². The zero-order valence-corrected chi connectivity index (χ0v) is 10.2. The predicted octanol–water partition coefficient (Wildman–Crippen LogP) is 2.27. The minimum atomic E-state index is -0.458. The van der Waals surface area contributed by atoms with Gasteiger partial charge in [0.1, 0.15) is 5.69 Å². The second kappa shape index (κ2) is 3.86. The van der Waals surface area contributed by atoms with E-state index in [1.165, 1.54) is 11.0 Å². The van der Waals surface area contributed by atoms with Crippen molar-refractivity contribution in [2.75, 3.05) is 11.9 Å². The van der Waals surface area contributed by atoms with Crippen molar-refractivity contribution in [3.63, 3.8) is 0 Å². The van der Waals surface area contributed by atoms with E-state index in [9.17, 15) is 14.9 Å². The van der Waals surface area contributed by atoms with Gasteiger partial charge in [0, 0.05) is 24.0 Å². The fraction of sp³-hybridized carbons (Fsp3) is 0.300. The molecular weight excluding hydrogens is 276 g/mol. The minimum absolute atomic E-state index is 0.0197. The Morgan fingerprint density at radius 2 is 2.12 bits per heavy atom. The van der Waals surface area contributed by atoms with E-state index < -0.39 is 4.92 Å². The van der Waals surface area contributed by atoms with Crippen LogP contribution in [0.5, 0.6) is 0 Å². The van der Waals surface area contributed by atoms with Gasteiger partial charge in [-0.05, 0) is 18.1 Å². The highest BCUT2D eigenvalue weighted by Gasteiger charge is 2.30. The molecule has 0 bridgehead atoms. The van der Waals surface area contributed by atoms with Crippen LogP contribution in [-0.2, 0) is 11.2 Å². The molecule has 0 N–H and O–H groups in total. The number of fused-ring (bicyclic) bond motifs is 1. The van der Waals surface area contributed by atoms with Crippen LogP contribution in [0.25, 0.3) is 0 Å². The van der Waals surface area contributed by atoms with Crippen LogP contribution in [0.1, 0.15) is 12.0 Å². The van der Waals surface area contributed by atoms with Crippen molar-refractivity contribution in [3.05, 3.63) is 32.3 Å². The van der Waals surface area contributed by atoms with E-state index in [2.05, 4.69) is 15.9 Å². The van der Waals surface area contributed by atoms with E-state index in [-0.39, 0.29) is 11.6 Å². The predicted molar refractivity (Wildman–Crippen MR) is 62.5 cm³/mol. The van der Waals surface area contributed by atoms with E-state index in [1.54, 1.807) is 13.1 Å². The number of nitro groups is 1. The summed E-state index contributed by atoms with van der Waals surface area (Å²) in [6, 6.07) is 3.07. The molecule has 1 aliphatic rings.